The van der Waals surface area contributed by atoms with Crippen LogP contribution in [0.25, 0.3) is 55.0 Å². The number of anilines is 2. The number of hydrogen-bond donors (Lipinski definition) is 0. The molecule has 4 heterocycles. The van der Waals surface area contributed by atoms with Crippen molar-refractivity contribution < 1.29 is 0 Å². The van der Waals surface area contributed by atoms with E-state index in [4.69, 9.17) is 0 Å². The van der Waals surface area contributed by atoms with Crippen molar-refractivity contribution in [2.45, 2.75) is 0 Å². The van der Waals surface area contributed by atoms with Crippen molar-refractivity contribution >= 4 is 101 Å². The van der Waals surface area contributed by atoms with E-state index in [0.717, 1.165) is 0 Å². The third-order valence-corrected chi connectivity index (χ3v) is 11.8. The van der Waals surface area contributed by atoms with E-state index in [1.165, 1.54) is 99.1 Å². The Labute approximate surface area is 304 Å². The Kier molecular flexibility index (Phi) is 6.08. The zero-order valence-electron chi connectivity index (χ0n) is 29.8. The predicted octanol–water partition coefficient (Wildman–Crippen LogP) is 5.67. The minimum Gasteiger partial charge on any atom is -0.378 e. The molecule has 0 aliphatic carbocycles. The Morgan fingerprint density at radius 2 is 0.827 bits per heavy atom. The van der Waals surface area contributed by atoms with Crippen molar-refractivity contribution in [1.29, 1.82) is 0 Å². The average molecular weight is 666 g/mol. The van der Waals surface area contributed by atoms with Crippen LogP contribution in [0.15, 0.2) is 146 Å². The maximum absolute atomic E-state index is 2.57. The topological polar surface area (TPSA) is 16.3 Å². The molecule has 0 amide bonds. The first-order valence-electron chi connectivity index (χ1n) is 18.2. The lowest BCUT2D eigenvalue weighted by Gasteiger charge is -2.33. The molecule has 6 heteroatoms. The second-order valence-corrected chi connectivity index (χ2v) is 15.0. The third kappa shape index (κ3) is 3.90. The second kappa shape index (κ2) is 10.7. The van der Waals surface area contributed by atoms with Gasteiger partial charge in [-0.25, -0.2) is 0 Å². The Balaban J connectivity index is 1.32. The van der Waals surface area contributed by atoms with Gasteiger partial charge < -0.3 is 18.9 Å². The number of nitrogens with zero attached hydrogens (tertiary/aromatic N) is 4. The average Bonchev–Trinajstić information content (AvgIpc) is 3.69. The third-order valence-electron chi connectivity index (χ3n) is 11.8. The molecule has 0 saturated carbocycles. The molecule has 11 rings (SSSR count). The summed E-state index contributed by atoms with van der Waals surface area (Å²) in [6, 6.07) is 55.2. The number of para-hydroxylation sites is 2. The molecule has 9 aromatic rings. The van der Waals surface area contributed by atoms with Gasteiger partial charge in [0.2, 0.25) is 13.4 Å². The molecule has 0 radical (unpaired) electrons. The molecule has 2 aliphatic rings. The van der Waals surface area contributed by atoms with Crippen molar-refractivity contribution in [1.82, 2.24) is 9.13 Å². The van der Waals surface area contributed by atoms with Crippen LogP contribution in [0.4, 0.5) is 11.4 Å². The molecule has 0 spiro atoms. The fourth-order valence-corrected chi connectivity index (χ4v) is 9.50. The lowest BCUT2D eigenvalue weighted by molar-refractivity contribution is 1.13. The van der Waals surface area contributed by atoms with Crippen LogP contribution in [0.2, 0.25) is 0 Å². The second-order valence-electron chi connectivity index (χ2n) is 15.0. The first-order valence-corrected chi connectivity index (χ1v) is 18.2. The lowest BCUT2D eigenvalue weighted by Crippen LogP contribution is -2.60. The normalized spacial score (nSPS) is 12.9. The fraction of sp³-hybridized carbons (Fsp3) is 0.0870. The summed E-state index contributed by atoms with van der Waals surface area (Å²) in [5, 5.41) is 5.19. The molecule has 7 aromatic carbocycles. The molecule has 2 aliphatic heterocycles. The van der Waals surface area contributed by atoms with Crippen molar-refractivity contribution in [3.8, 4) is 11.4 Å². The van der Waals surface area contributed by atoms with Crippen LogP contribution in [-0.4, -0.2) is 50.8 Å². The van der Waals surface area contributed by atoms with Gasteiger partial charge in [0.15, 0.2) is 0 Å². The van der Waals surface area contributed by atoms with Crippen molar-refractivity contribution in [3.63, 3.8) is 0 Å². The molecule has 0 atom stereocenters. The number of fused-ring (bicyclic) bond motifs is 10. The Bertz CT molecular complexity index is 2730. The van der Waals surface area contributed by atoms with Gasteiger partial charge in [-0.2, -0.15) is 0 Å². The molecule has 246 valence electrons. The minimum absolute atomic E-state index is 0.0907. The van der Waals surface area contributed by atoms with E-state index in [9.17, 15) is 0 Å². The van der Waals surface area contributed by atoms with E-state index in [1.54, 1.807) is 0 Å². The Hall–Kier alpha value is -6.13. The van der Waals surface area contributed by atoms with Crippen LogP contribution in [0.1, 0.15) is 0 Å². The zero-order valence-corrected chi connectivity index (χ0v) is 29.8. The van der Waals surface area contributed by atoms with Crippen LogP contribution < -0.4 is 42.6 Å². The highest BCUT2D eigenvalue weighted by atomic mass is 15.1. The Morgan fingerprint density at radius 3 is 1.25 bits per heavy atom. The van der Waals surface area contributed by atoms with E-state index >= 15 is 0 Å². The molecule has 52 heavy (non-hydrogen) atoms. The van der Waals surface area contributed by atoms with Gasteiger partial charge in [0.25, 0.3) is 0 Å². The molecule has 0 N–H and O–H groups in total. The molecule has 0 fully saturated rings. The molecule has 4 nitrogen and oxygen atoms in total. The van der Waals surface area contributed by atoms with Gasteiger partial charge >= 0.3 is 0 Å². The standard InChI is InChI=1S/C46H36B2N4/c1-49(2)31-21-23-41-35(25-31)33-17-11-19-37-45(33)51(41)43-28-44-40(27-39(43)47(37)29-13-7-5-8-14-29)48(30-15-9-6-10-16-30)38-20-12-18-34-36-26-32(50(3)4)22-24-42(36)52(44)46(34)38/h5-28H,1-4H3. The number of rotatable bonds is 4. The fourth-order valence-electron chi connectivity index (χ4n) is 9.50. The summed E-state index contributed by atoms with van der Waals surface area (Å²) >= 11 is 0. The van der Waals surface area contributed by atoms with Gasteiger partial charge in [-0.15, -0.1) is 0 Å². The van der Waals surface area contributed by atoms with E-state index in [2.05, 4.69) is 193 Å². The van der Waals surface area contributed by atoms with Crippen molar-refractivity contribution in [3.05, 3.63) is 146 Å². The quantitative estimate of drug-likeness (QED) is 0.225. The maximum atomic E-state index is 2.57. The Morgan fingerprint density at radius 1 is 0.385 bits per heavy atom. The monoisotopic (exact) mass is 666 g/mol. The highest BCUT2D eigenvalue weighted by Crippen LogP contribution is 2.38. The zero-order chi connectivity index (χ0) is 34.8. The number of hydrogen-bond acceptors (Lipinski definition) is 2. The summed E-state index contributed by atoms with van der Waals surface area (Å²) in [7, 11) is 8.51. The molecular formula is C46H36B2N4. The van der Waals surface area contributed by atoms with Crippen molar-refractivity contribution in [2.75, 3.05) is 38.0 Å². The molecule has 0 bridgehead atoms. The van der Waals surface area contributed by atoms with Crippen LogP contribution in [0, 0.1) is 0 Å². The van der Waals surface area contributed by atoms with Gasteiger partial charge in [0, 0.05) is 83.5 Å². The lowest BCUT2D eigenvalue weighted by atomic mass is 9.32. The molecule has 0 saturated heterocycles. The summed E-state index contributed by atoms with van der Waals surface area (Å²) in [6.07, 6.45) is 0. The molecule has 2 aromatic heterocycles. The van der Waals surface area contributed by atoms with E-state index in [1.807, 2.05) is 0 Å². The maximum Gasteiger partial charge on any atom is 0.246 e. The summed E-state index contributed by atoms with van der Waals surface area (Å²) < 4.78 is 5.14. The van der Waals surface area contributed by atoms with E-state index in [-0.39, 0.29) is 13.4 Å². The first-order chi connectivity index (χ1) is 25.5. The van der Waals surface area contributed by atoms with E-state index < -0.39 is 0 Å². The van der Waals surface area contributed by atoms with E-state index in [0.29, 0.717) is 0 Å². The predicted molar refractivity (Wildman–Crippen MR) is 226 cm³/mol. The smallest absolute Gasteiger partial charge is 0.246 e. The minimum atomic E-state index is 0.0907. The van der Waals surface area contributed by atoms with Gasteiger partial charge in [-0.3, -0.25) is 0 Å². The molecular weight excluding hydrogens is 630 g/mol. The number of aromatic nitrogens is 2. The van der Waals surface area contributed by atoms with Crippen LogP contribution in [0.5, 0.6) is 0 Å². The summed E-state index contributed by atoms with van der Waals surface area (Å²) in [5.74, 6) is 0. The number of benzene rings is 7. The summed E-state index contributed by atoms with van der Waals surface area (Å²) in [6.45, 7) is 0.181. The first kappa shape index (κ1) is 29.6. The highest BCUT2D eigenvalue weighted by Gasteiger charge is 2.39. The van der Waals surface area contributed by atoms with Gasteiger partial charge in [-0.05, 0) is 64.3 Å². The summed E-state index contributed by atoms with van der Waals surface area (Å²) in [5.41, 5.74) is 18.1. The van der Waals surface area contributed by atoms with Gasteiger partial charge in [-0.1, -0.05) is 114 Å². The highest BCUT2D eigenvalue weighted by molar-refractivity contribution is 7.00. The van der Waals surface area contributed by atoms with Gasteiger partial charge in [0.05, 0.1) is 11.0 Å². The molecule has 0 unspecified atom stereocenters. The van der Waals surface area contributed by atoms with Crippen LogP contribution in [0.3, 0.4) is 0 Å². The largest absolute Gasteiger partial charge is 0.378 e. The van der Waals surface area contributed by atoms with Crippen molar-refractivity contribution in [2.24, 2.45) is 0 Å². The SMILES string of the molecule is CN(C)c1ccc2c(c1)c1cccc3c1n2-c1cc2c(cc1B3c1ccccc1)B(c1ccccc1)c1cccc3c4cc(N(C)C)ccc4n-2c13. The van der Waals surface area contributed by atoms with Gasteiger partial charge in [0.1, 0.15) is 0 Å². The van der Waals surface area contributed by atoms with Crippen LogP contribution in [-0.2, 0) is 0 Å². The summed E-state index contributed by atoms with van der Waals surface area (Å²) in [4.78, 5) is 4.41. The van der Waals surface area contributed by atoms with Crippen LogP contribution >= 0.6 is 0 Å².